The Hall–Kier alpha value is -2.10. The first-order chi connectivity index (χ1) is 7.65. The van der Waals surface area contributed by atoms with Gasteiger partial charge in [-0.05, 0) is 23.8 Å². The number of hydrogen-bond acceptors (Lipinski definition) is 2. The van der Waals surface area contributed by atoms with Crippen LogP contribution in [0.15, 0.2) is 30.3 Å². The van der Waals surface area contributed by atoms with E-state index in [4.69, 9.17) is 5.73 Å². The highest BCUT2D eigenvalue weighted by Gasteiger charge is 1.97. The number of aromatic nitrogens is 2. The van der Waals surface area contributed by atoms with E-state index >= 15 is 0 Å². The topological polar surface area (TPSA) is 43.8 Å². The Labute approximate surface area is 93.0 Å². The second kappa shape index (κ2) is 4.18. The number of benzene rings is 1. The third-order valence-corrected chi connectivity index (χ3v) is 2.25. The molecule has 1 aromatic heterocycles. The van der Waals surface area contributed by atoms with Crippen LogP contribution in [-0.2, 0) is 7.05 Å². The molecule has 0 atom stereocenters. The first kappa shape index (κ1) is 10.4. The quantitative estimate of drug-likeness (QED) is 0.838. The van der Waals surface area contributed by atoms with Gasteiger partial charge in [0.05, 0.1) is 5.69 Å². The number of nitrogen functional groups attached to an aromatic ring is 1. The predicted octanol–water partition coefficient (Wildman–Crippen LogP) is 2.31. The lowest BCUT2D eigenvalue weighted by molar-refractivity contribution is 0.628. The van der Waals surface area contributed by atoms with E-state index in [2.05, 4.69) is 5.10 Å². The molecule has 1 heterocycles. The van der Waals surface area contributed by atoms with Crippen molar-refractivity contribution in [2.45, 2.75) is 0 Å². The minimum atomic E-state index is -0.237. The van der Waals surface area contributed by atoms with Crippen LogP contribution in [0.1, 0.15) is 11.3 Å². The van der Waals surface area contributed by atoms with Gasteiger partial charge in [0.2, 0.25) is 0 Å². The van der Waals surface area contributed by atoms with E-state index in [9.17, 15) is 4.39 Å². The maximum atomic E-state index is 12.6. The maximum absolute atomic E-state index is 12.6. The van der Waals surface area contributed by atoms with Crippen molar-refractivity contribution in [3.05, 3.63) is 47.4 Å². The van der Waals surface area contributed by atoms with Gasteiger partial charge < -0.3 is 5.73 Å². The highest BCUT2D eigenvalue weighted by Crippen LogP contribution is 2.10. The predicted molar refractivity (Wildman–Crippen MR) is 62.9 cm³/mol. The molecule has 0 amide bonds. The Balaban J connectivity index is 2.17. The monoisotopic (exact) mass is 217 g/mol. The van der Waals surface area contributed by atoms with Crippen LogP contribution in [0.25, 0.3) is 12.2 Å². The first-order valence-electron chi connectivity index (χ1n) is 4.88. The smallest absolute Gasteiger partial charge is 0.123 e. The zero-order valence-electron chi connectivity index (χ0n) is 8.89. The average molecular weight is 217 g/mol. The molecule has 0 unspecified atom stereocenters. The van der Waals surface area contributed by atoms with Gasteiger partial charge in [-0.2, -0.15) is 5.10 Å². The van der Waals surface area contributed by atoms with E-state index in [1.54, 1.807) is 29.9 Å². The Morgan fingerprint density at radius 1 is 1.25 bits per heavy atom. The Kier molecular flexibility index (Phi) is 2.72. The Bertz CT molecular complexity index is 492. The van der Waals surface area contributed by atoms with Crippen LogP contribution in [0, 0.1) is 5.82 Å². The van der Waals surface area contributed by atoms with Crippen LogP contribution in [0.5, 0.6) is 0 Å². The second-order valence-corrected chi connectivity index (χ2v) is 3.50. The van der Waals surface area contributed by atoms with E-state index in [1.165, 1.54) is 12.1 Å². The van der Waals surface area contributed by atoms with Crippen LogP contribution in [0.4, 0.5) is 10.2 Å². The molecule has 0 aliphatic rings. The lowest BCUT2D eigenvalue weighted by atomic mass is 10.2. The molecule has 1 aromatic carbocycles. The maximum Gasteiger partial charge on any atom is 0.123 e. The Morgan fingerprint density at radius 2 is 1.94 bits per heavy atom. The fourth-order valence-corrected chi connectivity index (χ4v) is 1.34. The molecule has 16 heavy (non-hydrogen) atoms. The highest BCUT2D eigenvalue weighted by molar-refractivity contribution is 5.68. The minimum absolute atomic E-state index is 0.237. The number of rotatable bonds is 2. The fourth-order valence-electron chi connectivity index (χ4n) is 1.34. The zero-order chi connectivity index (χ0) is 11.5. The zero-order valence-corrected chi connectivity index (χ0v) is 8.89. The number of hydrogen-bond donors (Lipinski definition) is 1. The molecular weight excluding hydrogens is 205 g/mol. The summed E-state index contributed by atoms with van der Waals surface area (Å²) in [5, 5.41) is 4.17. The third kappa shape index (κ3) is 2.28. The van der Waals surface area contributed by atoms with Crippen LogP contribution < -0.4 is 5.73 Å². The van der Waals surface area contributed by atoms with Gasteiger partial charge in [0.1, 0.15) is 11.6 Å². The SMILES string of the molecule is Cn1nc(/C=C/c2ccc(F)cc2)cc1N. The van der Waals surface area contributed by atoms with Gasteiger partial charge in [-0.15, -0.1) is 0 Å². The number of halogens is 1. The van der Waals surface area contributed by atoms with Crippen molar-refractivity contribution in [2.24, 2.45) is 7.05 Å². The van der Waals surface area contributed by atoms with Crippen molar-refractivity contribution >= 4 is 18.0 Å². The summed E-state index contributed by atoms with van der Waals surface area (Å²) in [5.41, 5.74) is 7.35. The summed E-state index contributed by atoms with van der Waals surface area (Å²) in [5.74, 6) is 0.373. The van der Waals surface area contributed by atoms with Gasteiger partial charge >= 0.3 is 0 Å². The van der Waals surface area contributed by atoms with Gasteiger partial charge in [-0.1, -0.05) is 18.2 Å². The lowest BCUT2D eigenvalue weighted by Gasteiger charge is -1.91. The van der Waals surface area contributed by atoms with Crippen LogP contribution in [0.2, 0.25) is 0 Å². The highest BCUT2D eigenvalue weighted by atomic mass is 19.1. The normalized spacial score (nSPS) is 11.1. The van der Waals surface area contributed by atoms with E-state index in [1.807, 2.05) is 12.2 Å². The molecule has 0 radical (unpaired) electrons. The lowest BCUT2D eigenvalue weighted by Crippen LogP contribution is -1.96. The number of nitrogens with two attached hydrogens (primary N) is 1. The van der Waals surface area contributed by atoms with Crippen molar-refractivity contribution < 1.29 is 4.39 Å². The molecule has 0 saturated heterocycles. The largest absolute Gasteiger partial charge is 0.384 e. The van der Waals surface area contributed by atoms with E-state index in [-0.39, 0.29) is 5.82 Å². The van der Waals surface area contributed by atoms with Crippen molar-refractivity contribution in [3.8, 4) is 0 Å². The molecule has 2 N–H and O–H groups in total. The van der Waals surface area contributed by atoms with Crippen molar-refractivity contribution in [1.82, 2.24) is 9.78 Å². The molecule has 0 saturated carbocycles. The van der Waals surface area contributed by atoms with E-state index in [0.29, 0.717) is 5.82 Å². The van der Waals surface area contributed by atoms with Crippen molar-refractivity contribution in [1.29, 1.82) is 0 Å². The summed E-state index contributed by atoms with van der Waals surface area (Å²) in [4.78, 5) is 0. The summed E-state index contributed by atoms with van der Waals surface area (Å²) in [6, 6.07) is 8.04. The standard InChI is InChI=1S/C12H12FN3/c1-16-12(14)8-11(15-16)7-4-9-2-5-10(13)6-3-9/h2-8H,14H2,1H3/b7-4+. The second-order valence-electron chi connectivity index (χ2n) is 3.50. The fraction of sp³-hybridized carbons (Fsp3) is 0.0833. The first-order valence-corrected chi connectivity index (χ1v) is 4.88. The van der Waals surface area contributed by atoms with Gasteiger partial charge in [0.15, 0.2) is 0 Å². The van der Waals surface area contributed by atoms with Gasteiger partial charge in [-0.25, -0.2) is 4.39 Å². The molecule has 0 spiro atoms. The van der Waals surface area contributed by atoms with Crippen molar-refractivity contribution in [3.63, 3.8) is 0 Å². The summed E-state index contributed by atoms with van der Waals surface area (Å²) in [7, 11) is 1.78. The summed E-state index contributed by atoms with van der Waals surface area (Å²) >= 11 is 0. The van der Waals surface area contributed by atoms with E-state index in [0.717, 1.165) is 11.3 Å². The molecule has 4 heteroatoms. The molecule has 3 nitrogen and oxygen atoms in total. The van der Waals surface area contributed by atoms with E-state index < -0.39 is 0 Å². The summed E-state index contributed by atoms with van der Waals surface area (Å²) < 4.78 is 14.3. The molecule has 0 aliphatic heterocycles. The van der Waals surface area contributed by atoms with Crippen LogP contribution in [-0.4, -0.2) is 9.78 Å². The van der Waals surface area contributed by atoms with Crippen LogP contribution >= 0.6 is 0 Å². The number of anilines is 1. The Morgan fingerprint density at radius 3 is 2.50 bits per heavy atom. The van der Waals surface area contributed by atoms with Gasteiger partial charge in [0, 0.05) is 13.1 Å². The summed E-state index contributed by atoms with van der Waals surface area (Å²) in [6.07, 6.45) is 3.70. The minimum Gasteiger partial charge on any atom is -0.384 e. The number of nitrogens with zero attached hydrogens (tertiary/aromatic N) is 2. The molecular formula is C12H12FN3. The third-order valence-electron chi connectivity index (χ3n) is 2.25. The molecule has 2 rings (SSSR count). The average Bonchev–Trinajstić information content (AvgIpc) is 2.58. The molecule has 2 aromatic rings. The number of aryl methyl sites for hydroxylation is 1. The summed E-state index contributed by atoms with van der Waals surface area (Å²) in [6.45, 7) is 0. The van der Waals surface area contributed by atoms with Crippen molar-refractivity contribution in [2.75, 3.05) is 5.73 Å². The van der Waals surface area contributed by atoms with Gasteiger partial charge in [-0.3, -0.25) is 4.68 Å². The molecule has 0 fully saturated rings. The molecule has 82 valence electrons. The molecule has 0 aliphatic carbocycles. The molecule has 0 bridgehead atoms. The van der Waals surface area contributed by atoms with Crippen LogP contribution in [0.3, 0.4) is 0 Å². The van der Waals surface area contributed by atoms with Gasteiger partial charge in [0.25, 0.3) is 0 Å².